The van der Waals surface area contributed by atoms with E-state index in [2.05, 4.69) is 15.0 Å². The number of nitrogens with zero attached hydrogens (tertiary/aromatic N) is 1. The summed E-state index contributed by atoms with van der Waals surface area (Å²) in [5.41, 5.74) is 2.08. The third-order valence-electron chi connectivity index (χ3n) is 4.60. The number of anilines is 1. The van der Waals surface area contributed by atoms with E-state index in [0.717, 1.165) is 21.4 Å². The molecule has 0 spiro atoms. The lowest BCUT2D eigenvalue weighted by Gasteiger charge is -2.11. The number of carbonyl (C=O) groups excluding carboxylic acids is 2. The number of amides is 2. The zero-order valence-corrected chi connectivity index (χ0v) is 17.0. The second kappa shape index (κ2) is 8.75. The van der Waals surface area contributed by atoms with Crippen LogP contribution in [0.1, 0.15) is 26.4 Å². The van der Waals surface area contributed by atoms with Crippen molar-refractivity contribution in [3.8, 4) is 5.75 Å². The van der Waals surface area contributed by atoms with E-state index in [-0.39, 0.29) is 11.8 Å². The van der Waals surface area contributed by atoms with Gasteiger partial charge in [0.2, 0.25) is 0 Å². The number of hydrogen-bond donors (Lipinski definition) is 2. The van der Waals surface area contributed by atoms with E-state index < -0.39 is 0 Å². The molecular weight excluding hydrogens is 398 g/mol. The second-order valence-electron chi connectivity index (χ2n) is 6.56. The Morgan fingerprint density at radius 3 is 2.63 bits per heavy atom. The number of fused-ring (bicyclic) bond motifs is 1. The molecule has 4 aromatic rings. The maximum atomic E-state index is 12.8. The van der Waals surface area contributed by atoms with Crippen LogP contribution in [-0.4, -0.2) is 23.3 Å². The van der Waals surface area contributed by atoms with Crippen molar-refractivity contribution >= 4 is 39.1 Å². The summed E-state index contributed by atoms with van der Waals surface area (Å²) in [6.45, 7) is 0.342. The van der Waals surface area contributed by atoms with Gasteiger partial charge in [-0.15, -0.1) is 0 Å². The van der Waals surface area contributed by atoms with E-state index in [4.69, 9.17) is 4.74 Å². The lowest BCUT2D eigenvalue weighted by atomic mass is 10.1. The van der Waals surface area contributed by atoms with Crippen LogP contribution in [0.2, 0.25) is 0 Å². The minimum Gasteiger partial charge on any atom is -0.497 e. The summed E-state index contributed by atoms with van der Waals surface area (Å²) < 4.78 is 10.4. The minimum absolute atomic E-state index is 0.281. The van der Waals surface area contributed by atoms with E-state index in [0.29, 0.717) is 23.5 Å². The summed E-state index contributed by atoms with van der Waals surface area (Å²) in [5.74, 6) is 0.0993. The van der Waals surface area contributed by atoms with Gasteiger partial charge < -0.3 is 15.4 Å². The average Bonchev–Trinajstić information content (AvgIpc) is 3.22. The molecule has 2 amide bonds. The summed E-state index contributed by atoms with van der Waals surface area (Å²) in [6.07, 6.45) is 0. The molecule has 3 aromatic carbocycles. The SMILES string of the molecule is COc1cccc(CNC(=O)c2ccccc2NC(=O)c2nsc3ccccc23)c1. The number of ether oxygens (including phenoxy) is 1. The molecule has 0 aliphatic carbocycles. The fourth-order valence-electron chi connectivity index (χ4n) is 3.08. The van der Waals surface area contributed by atoms with Crippen molar-refractivity contribution in [3.63, 3.8) is 0 Å². The van der Waals surface area contributed by atoms with Gasteiger partial charge >= 0.3 is 0 Å². The lowest BCUT2D eigenvalue weighted by molar-refractivity contribution is 0.0951. The van der Waals surface area contributed by atoms with E-state index in [9.17, 15) is 9.59 Å². The summed E-state index contributed by atoms with van der Waals surface area (Å²) in [7, 11) is 1.60. The van der Waals surface area contributed by atoms with Gasteiger partial charge in [-0.05, 0) is 47.4 Å². The van der Waals surface area contributed by atoms with Gasteiger partial charge in [-0.1, -0.05) is 42.5 Å². The van der Waals surface area contributed by atoms with Gasteiger partial charge in [0.15, 0.2) is 0 Å². The zero-order valence-electron chi connectivity index (χ0n) is 16.2. The van der Waals surface area contributed by atoms with Crippen molar-refractivity contribution in [2.24, 2.45) is 0 Å². The first kappa shape index (κ1) is 19.6. The standard InChI is InChI=1S/C23H19N3O3S/c1-29-16-8-6-7-15(13-16)14-24-22(27)17-9-2-4-11-19(17)25-23(28)21-18-10-3-5-12-20(18)30-26-21/h2-13H,14H2,1H3,(H,24,27)(H,25,28). The molecule has 1 aromatic heterocycles. The molecule has 2 N–H and O–H groups in total. The topological polar surface area (TPSA) is 80.3 Å². The molecule has 0 aliphatic rings. The van der Waals surface area contributed by atoms with E-state index >= 15 is 0 Å². The predicted octanol–water partition coefficient (Wildman–Crippen LogP) is 4.49. The van der Waals surface area contributed by atoms with Gasteiger partial charge in [-0.2, -0.15) is 4.37 Å². The molecule has 0 fully saturated rings. The molecule has 1 heterocycles. The Hall–Kier alpha value is -3.71. The highest BCUT2D eigenvalue weighted by atomic mass is 32.1. The van der Waals surface area contributed by atoms with Gasteiger partial charge in [0.1, 0.15) is 11.4 Å². The Balaban J connectivity index is 1.50. The van der Waals surface area contributed by atoms with Gasteiger partial charge in [0.05, 0.1) is 23.1 Å². The second-order valence-corrected chi connectivity index (χ2v) is 7.37. The highest BCUT2D eigenvalue weighted by molar-refractivity contribution is 7.13. The van der Waals surface area contributed by atoms with Crippen LogP contribution in [0.25, 0.3) is 10.1 Å². The monoisotopic (exact) mass is 417 g/mol. The Morgan fingerprint density at radius 2 is 1.77 bits per heavy atom. The number of hydrogen-bond acceptors (Lipinski definition) is 5. The molecule has 0 unspecified atom stereocenters. The number of nitrogens with one attached hydrogen (secondary N) is 2. The maximum Gasteiger partial charge on any atom is 0.276 e. The third kappa shape index (κ3) is 4.16. The highest BCUT2D eigenvalue weighted by Crippen LogP contribution is 2.24. The molecular formula is C23H19N3O3S. The van der Waals surface area contributed by atoms with Crippen LogP contribution in [-0.2, 0) is 6.54 Å². The van der Waals surface area contributed by atoms with Gasteiger partial charge in [-0.25, -0.2) is 0 Å². The third-order valence-corrected chi connectivity index (χ3v) is 5.43. The fourth-order valence-corrected chi connectivity index (χ4v) is 3.85. The van der Waals surface area contributed by atoms with E-state index in [1.807, 2.05) is 48.5 Å². The smallest absolute Gasteiger partial charge is 0.276 e. The van der Waals surface area contributed by atoms with Crippen LogP contribution in [0, 0.1) is 0 Å². The number of aromatic nitrogens is 1. The predicted molar refractivity (Wildman–Crippen MR) is 118 cm³/mol. The van der Waals surface area contributed by atoms with Crippen LogP contribution in [0.15, 0.2) is 72.8 Å². The van der Waals surface area contributed by atoms with Gasteiger partial charge in [0, 0.05) is 11.9 Å². The summed E-state index contributed by atoms with van der Waals surface area (Å²) in [6, 6.07) is 21.9. The van der Waals surface area contributed by atoms with Gasteiger partial charge in [-0.3, -0.25) is 9.59 Å². The molecule has 0 saturated carbocycles. The van der Waals surface area contributed by atoms with Crippen LogP contribution in [0.3, 0.4) is 0 Å². The molecule has 6 nitrogen and oxygen atoms in total. The fraction of sp³-hybridized carbons (Fsp3) is 0.0870. The average molecular weight is 417 g/mol. The summed E-state index contributed by atoms with van der Waals surface area (Å²) in [4.78, 5) is 25.6. The quantitative estimate of drug-likeness (QED) is 0.484. The Labute approximate surface area is 177 Å². The van der Waals surface area contributed by atoms with Crippen molar-refractivity contribution in [2.45, 2.75) is 6.54 Å². The largest absolute Gasteiger partial charge is 0.497 e. The molecule has 0 atom stereocenters. The number of para-hydroxylation sites is 1. The van der Waals surface area contributed by atoms with Crippen molar-refractivity contribution in [3.05, 3.63) is 89.6 Å². The van der Waals surface area contributed by atoms with Crippen molar-refractivity contribution in [2.75, 3.05) is 12.4 Å². The van der Waals surface area contributed by atoms with Crippen molar-refractivity contribution < 1.29 is 14.3 Å². The molecule has 4 rings (SSSR count). The number of methoxy groups -OCH3 is 1. The van der Waals surface area contributed by atoms with Crippen LogP contribution >= 0.6 is 11.5 Å². The van der Waals surface area contributed by atoms with Crippen molar-refractivity contribution in [1.82, 2.24) is 9.69 Å². The molecule has 0 saturated heterocycles. The van der Waals surface area contributed by atoms with Crippen LogP contribution in [0.5, 0.6) is 5.75 Å². The highest BCUT2D eigenvalue weighted by Gasteiger charge is 2.17. The Bertz CT molecular complexity index is 1220. The lowest BCUT2D eigenvalue weighted by Crippen LogP contribution is -2.25. The molecule has 150 valence electrons. The molecule has 30 heavy (non-hydrogen) atoms. The summed E-state index contributed by atoms with van der Waals surface area (Å²) in [5, 5.41) is 6.50. The number of rotatable bonds is 6. The van der Waals surface area contributed by atoms with Crippen molar-refractivity contribution in [1.29, 1.82) is 0 Å². The summed E-state index contributed by atoms with van der Waals surface area (Å²) >= 11 is 1.27. The minimum atomic E-state index is -0.347. The Kier molecular flexibility index (Phi) is 5.72. The van der Waals surface area contributed by atoms with E-state index in [1.165, 1.54) is 11.5 Å². The molecule has 0 bridgehead atoms. The molecule has 0 radical (unpaired) electrons. The first-order chi connectivity index (χ1) is 14.7. The first-order valence-corrected chi connectivity index (χ1v) is 10.1. The zero-order chi connectivity index (χ0) is 20.9. The Morgan fingerprint density at radius 1 is 0.967 bits per heavy atom. The maximum absolute atomic E-state index is 12.8. The van der Waals surface area contributed by atoms with Gasteiger partial charge in [0.25, 0.3) is 11.8 Å². The molecule has 7 heteroatoms. The first-order valence-electron chi connectivity index (χ1n) is 9.31. The van der Waals surface area contributed by atoms with Crippen LogP contribution in [0.4, 0.5) is 5.69 Å². The van der Waals surface area contributed by atoms with E-state index in [1.54, 1.807) is 31.4 Å². The number of benzene rings is 3. The normalized spacial score (nSPS) is 10.6. The number of carbonyl (C=O) groups is 2. The van der Waals surface area contributed by atoms with Crippen LogP contribution < -0.4 is 15.4 Å². The molecule has 0 aliphatic heterocycles.